The molecular weight excluding hydrogens is 267 g/mol. The average Bonchev–Trinajstić information content (AvgIpc) is 2.08. The molecule has 0 heterocycles. The predicted molar refractivity (Wildman–Crippen MR) is 51.6 cm³/mol. The third kappa shape index (κ3) is 5.87. The van der Waals surface area contributed by atoms with Gasteiger partial charge in [0.15, 0.2) is 0 Å². The van der Waals surface area contributed by atoms with Crippen molar-refractivity contribution >= 4 is 13.6 Å². The van der Waals surface area contributed by atoms with Crippen LogP contribution in [0.1, 0.15) is 5.56 Å². The van der Waals surface area contributed by atoms with Crippen molar-refractivity contribution in [1.29, 1.82) is 0 Å². The van der Waals surface area contributed by atoms with E-state index in [1.807, 2.05) is 18.2 Å². The van der Waals surface area contributed by atoms with Crippen LogP contribution in [0, 0.1) is 6.07 Å². The molecule has 0 bridgehead atoms. The molecule has 0 fully saturated rings. The molecule has 0 saturated heterocycles. The molecule has 1 nitrogen and oxygen atoms in total. The van der Waals surface area contributed by atoms with Crippen LogP contribution in [0.4, 0.5) is 0 Å². The second-order valence-corrected chi connectivity index (χ2v) is 2.63. The molecule has 0 N–H and O–H groups in total. The van der Waals surface area contributed by atoms with Gasteiger partial charge in [-0.15, -0.1) is 5.56 Å². The number of nitrogens with zero attached hydrogens (tertiary/aromatic N) is 1. The summed E-state index contributed by atoms with van der Waals surface area (Å²) < 4.78 is 0. The second kappa shape index (κ2) is 7.91. The number of rotatable bonds is 2. The Morgan fingerprint density at radius 2 is 2.08 bits per heavy atom. The minimum absolute atomic E-state index is 0.973. The van der Waals surface area contributed by atoms with Crippen LogP contribution in [0.15, 0.2) is 24.3 Å². The van der Waals surface area contributed by atoms with E-state index in [9.17, 15) is 0 Å². The van der Waals surface area contributed by atoms with Gasteiger partial charge in [0.2, 0.25) is 0 Å². The molecule has 0 aliphatic rings. The van der Waals surface area contributed by atoms with E-state index in [4.69, 9.17) is 0 Å². The van der Waals surface area contributed by atoms with Crippen LogP contribution in [0.5, 0.6) is 0 Å². The maximum absolute atomic E-state index is 3.16. The van der Waals surface area contributed by atoms with E-state index in [1.165, 1.54) is 21.9 Å². The van der Waals surface area contributed by atoms with Gasteiger partial charge in [-0.1, -0.05) is 0 Å². The molecule has 0 aliphatic heterocycles. The molecule has 1 aromatic rings. The average molecular weight is 279 g/mol. The van der Waals surface area contributed by atoms with Gasteiger partial charge in [0.05, 0.1) is 0 Å². The van der Waals surface area contributed by atoms with Crippen LogP contribution < -0.4 is 0 Å². The molecule has 1 rings (SSSR count). The van der Waals surface area contributed by atoms with Crippen molar-refractivity contribution in [2.75, 3.05) is 14.1 Å². The van der Waals surface area contributed by atoms with E-state index in [1.54, 1.807) is 0 Å². The van der Waals surface area contributed by atoms with Crippen LogP contribution in [0.2, 0.25) is 0 Å². The summed E-state index contributed by atoms with van der Waals surface area (Å²) in [4.78, 5) is 2.13. The number of halogens is 1. The molecule has 62 valence electrons. The van der Waals surface area contributed by atoms with Gasteiger partial charge in [0.25, 0.3) is 0 Å². The van der Waals surface area contributed by atoms with E-state index < -0.39 is 0 Å². The van der Waals surface area contributed by atoms with Crippen LogP contribution in [-0.4, -0.2) is 19.0 Å². The fraction of sp³-hybridized carbons (Fsp3) is 0.333. The maximum atomic E-state index is 3.16. The Hall–Kier alpha value is 0.283. The van der Waals surface area contributed by atoms with Crippen LogP contribution >= 0.6 is 13.6 Å². The predicted octanol–water partition coefficient (Wildman–Crippen LogP) is 2.39. The van der Waals surface area contributed by atoms with Crippen molar-refractivity contribution in [2.24, 2.45) is 0 Å². The van der Waals surface area contributed by atoms with E-state index in [2.05, 4.69) is 44.8 Å². The topological polar surface area (TPSA) is 3.24 Å². The Bertz CT molecular complexity index is 189. The van der Waals surface area contributed by atoms with E-state index >= 15 is 0 Å². The molecule has 0 spiro atoms. The van der Waals surface area contributed by atoms with Gasteiger partial charge in [0, 0.05) is 6.54 Å². The monoisotopic (exact) mass is 277 g/mol. The second-order valence-electron chi connectivity index (χ2n) is 2.63. The summed E-state index contributed by atoms with van der Waals surface area (Å²) in [5.41, 5.74) is 1.24. The quantitative estimate of drug-likeness (QED) is 0.593. The molecule has 0 aromatic heterocycles. The van der Waals surface area contributed by atoms with Crippen molar-refractivity contribution in [3.8, 4) is 0 Å². The molecule has 0 radical (unpaired) electrons. The van der Waals surface area contributed by atoms with Crippen molar-refractivity contribution in [1.82, 2.24) is 4.90 Å². The van der Waals surface area contributed by atoms with E-state index in [0.29, 0.717) is 0 Å². The zero-order chi connectivity index (χ0) is 9.40. The number of hydrogen-bond acceptors (Lipinski definition) is 1. The third-order valence-electron chi connectivity index (χ3n) is 1.26. The molecule has 1 aromatic carbocycles. The van der Waals surface area contributed by atoms with Crippen LogP contribution in [0.25, 0.3) is 0 Å². The fourth-order valence-electron chi connectivity index (χ4n) is 0.870. The Morgan fingerprint density at radius 1 is 1.42 bits per heavy atom. The molecule has 3 heteroatoms. The number of hydrogen-bond donors (Lipinski definition) is 0. The summed E-state index contributed by atoms with van der Waals surface area (Å²) in [5.74, 6) is 0. The first-order valence-electron chi connectivity index (χ1n) is 3.66. The molecule has 0 unspecified atom stereocenters. The molecule has 0 aliphatic carbocycles. The van der Waals surface area contributed by atoms with Crippen molar-refractivity contribution in [2.45, 2.75) is 6.54 Å². The Morgan fingerprint density at radius 3 is 2.50 bits per heavy atom. The summed E-state index contributed by atoms with van der Waals surface area (Å²) in [6, 6.07) is 11.2. The zero-order valence-electron chi connectivity index (χ0n) is 7.55. The molecular formula is C9H12BrNZn. The Kier molecular flexibility index (Phi) is 8.09. The molecule has 0 atom stereocenters. The SMILES string of the molecule is CN(C)Cc1[c-]cccc1.[Zn+][Br]. The molecule has 0 saturated carbocycles. The third-order valence-corrected chi connectivity index (χ3v) is 1.26. The van der Waals surface area contributed by atoms with Gasteiger partial charge in [-0.05, 0) is 14.1 Å². The van der Waals surface area contributed by atoms with E-state index in [0.717, 1.165) is 6.54 Å². The first kappa shape index (κ1) is 12.3. The summed E-state index contributed by atoms with van der Waals surface area (Å²) in [7, 11) is 4.11. The van der Waals surface area contributed by atoms with Gasteiger partial charge in [-0.3, -0.25) is 0 Å². The summed E-state index contributed by atoms with van der Waals surface area (Å²) in [6.07, 6.45) is 0. The fourth-order valence-corrected chi connectivity index (χ4v) is 0.870. The van der Waals surface area contributed by atoms with Gasteiger partial charge in [0.1, 0.15) is 0 Å². The molecule has 12 heavy (non-hydrogen) atoms. The first-order chi connectivity index (χ1) is 5.79. The van der Waals surface area contributed by atoms with Crippen molar-refractivity contribution < 1.29 is 16.3 Å². The zero-order valence-corrected chi connectivity index (χ0v) is 12.1. The van der Waals surface area contributed by atoms with Gasteiger partial charge in [-0.25, -0.2) is 0 Å². The Labute approximate surface area is 91.2 Å². The van der Waals surface area contributed by atoms with Gasteiger partial charge in [-0.2, -0.15) is 30.3 Å². The minimum atomic E-state index is 0.973. The van der Waals surface area contributed by atoms with E-state index in [-0.39, 0.29) is 0 Å². The standard InChI is InChI=1S/C9H12N.BrH.Zn/c1-10(2)8-9-6-4-3-5-7-9;;/h3-6H,8H2,1-2H3;1H;/q-1;;+2/p-1. The molecule has 0 amide bonds. The summed E-state index contributed by atoms with van der Waals surface area (Å²) in [6.45, 7) is 0.973. The summed E-state index contributed by atoms with van der Waals surface area (Å²) >= 11 is 4.25. The van der Waals surface area contributed by atoms with Crippen LogP contribution in [-0.2, 0) is 22.9 Å². The van der Waals surface area contributed by atoms with Crippen LogP contribution in [0.3, 0.4) is 0 Å². The summed E-state index contributed by atoms with van der Waals surface area (Å²) in [5, 5.41) is 0. The van der Waals surface area contributed by atoms with Crippen molar-refractivity contribution in [3.63, 3.8) is 0 Å². The normalized spacial score (nSPS) is 9.17. The first-order valence-corrected chi connectivity index (χ1v) is 10.6. The van der Waals surface area contributed by atoms with Gasteiger partial charge < -0.3 is 4.90 Å². The Balaban J connectivity index is 0.000000561. The van der Waals surface area contributed by atoms with Gasteiger partial charge >= 0.3 is 30.0 Å². The number of benzene rings is 1. The van der Waals surface area contributed by atoms with Crippen molar-refractivity contribution in [3.05, 3.63) is 35.9 Å².